The first-order chi connectivity index (χ1) is 9.83. The Hall–Kier alpha value is -2.33. The van der Waals surface area contributed by atoms with Crippen LogP contribution in [0, 0.1) is 0 Å². The summed E-state index contributed by atoms with van der Waals surface area (Å²) in [7, 11) is 0. The van der Waals surface area contributed by atoms with E-state index in [2.05, 4.69) is 10.1 Å². The maximum atomic E-state index is 6.00. The minimum atomic E-state index is 0.208. The van der Waals surface area contributed by atoms with Crippen molar-refractivity contribution in [2.45, 2.75) is 6.61 Å². The van der Waals surface area contributed by atoms with Crippen LogP contribution < -0.4 is 4.74 Å². The Morgan fingerprint density at radius 1 is 1.00 bits per heavy atom. The molecule has 0 spiro atoms. The van der Waals surface area contributed by atoms with Gasteiger partial charge in [0.2, 0.25) is 5.82 Å². The first-order valence-corrected chi connectivity index (χ1v) is 6.46. The molecule has 5 heteroatoms. The van der Waals surface area contributed by atoms with Gasteiger partial charge in [-0.05, 0) is 24.3 Å². The van der Waals surface area contributed by atoms with E-state index < -0.39 is 0 Å². The summed E-state index contributed by atoms with van der Waals surface area (Å²) in [6.45, 7) is 0.208. The van der Waals surface area contributed by atoms with E-state index in [0.29, 0.717) is 22.5 Å². The Labute approximate surface area is 121 Å². The summed E-state index contributed by atoms with van der Waals surface area (Å²) in [5, 5.41) is 4.44. The predicted octanol–water partition coefficient (Wildman–Crippen LogP) is 3.97. The standard InChI is InChI=1S/C15H11ClN2O2/c16-12-8-4-5-9-13(12)19-10-14-17-15(20-18-14)11-6-2-1-3-7-11/h1-9H,10H2. The highest BCUT2D eigenvalue weighted by atomic mass is 35.5. The van der Waals surface area contributed by atoms with Crippen LogP contribution in [-0.4, -0.2) is 10.1 Å². The van der Waals surface area contributed by atoms with Gasteiger partial charge in [-0.25, -0.2) is 0 Å². The Balaban J connectivity index is 1.71. The van der Waals surface area contributed by atoms with Crippen molar-refractivity contribution in [2.24, 2.45) is 0 Å². The van der Waals surface area contributed by atoms with Gasteiger partial charge < -0.3 is 9.26 Å². The molecule has 0 aliphatic carbocycles. The normalized spacial score (nSPS) is 10.4. The summed E-state index contributed by atoms with van der Waals surface area (Å²) in [5.41, 5.74) is 0.879. The number of hydrogen-bond donors (Lipinski definition) is 0. The van der Waals surface area contributed by atoms with Crippen molar-refractivity contribution in [3.8, 4) is 17.2 Å². The number of hydrogen-bond acceptors (Lipinski definition) is 4. The van der Waals surface area contributed by atoms with Gasteiger partial charge in [0.05, 0.1) is 5.02 Å². The average molecular weight is 287 g/mol. The summed E-state index contributed by atoms with van der Waals surface area (Å²) in [6, 6.07) is 16.8. The minimum absolute atomic E-state index is 0.208. The van der Waals surface area contributed by atoms with E-state index in [1.54, 1.807) is 12.1 Å². The van der Waals surface area contributed by atoms with Gasteiger partial charge >= 0.3 is 0 Å². The van der Waals surface area contributed by atoms with Crippen LogP contribution in [0.2, 0.25) is 5.02 Å². The van der Waals surface area contributed by atoms with Gasteiger partial charge in [-0.2, -0.15) is 4.98 Å². The largest absolute Gasteiger partial charge is 0.484 e. The zero-order valence-electron chi connectivity index (χ0n) is 10.5. The molecular formula is C15H11ClN2O2. The summed E-state index contributed by atoms with van der Waals surface area (Å²) in [6.07, 6.45) is 0. The highest BCUT2D eigenvalue weighted by Gasteiger charge is 2.09. The molecule has 100 valence electrons. The second-order valence-electron chi connectivity index (χ2n) is 4.10. The van der Waals surface area contributed by atoms with Crippen molar-refractivity contribution >= 4 is 11.6 Å². The number of halogens is 1. The number of aromatic nitrogens is 2. The summed E-state index contributed by atoms with van der Waals surface area (Å²) in [5.74, 6) is 1.55. The van der Waals surface area contributed by atoms with Gasteiger partial charge in [-0.1, -0.05) is 47.1 Å². The van der Waals surface area contributed by atoms with Crippen molar-refractivity contribution in [1.82, 2.24) is 10.1 Å². The minimum Gasteiger partial charge on any atom is -0.484 e. The molecule has 3 aromatic rings. The molecule has 3 rings (SSSR count). The second-order valence-corrected chi connectivity index (χ2v) is 4.51. The molecular weight excluding hydrogens is 276 g/mol. The van der Waals surface area contributed by atoms with E-state index in [0.717, 1.165) is 5.56 Å². The van der Waals surface area contributed by atoms with E-state index >= 15 is 0 Å². The average Bonchev–Trinajstić information content (AvgIpc) is 2.96. The Kier molecular flexibility index (Phi) is 3.65. The van der Waals surface area contributed by atoms with Gasteiger partial charge in [0.1, 0.15) is 5.75 Å². The fraction of sp³-hybridized carbons (Fsp3) is 0.0667. The molecule has 1 heterocycles. The maximum Gasteiger partial charge on any atom is 0.258 e. The number of rotatable bonds is 4. The smallest absolute Gasteiger partial charge is 0.258 e. The van der Waals surface area contributed by atoms with E-state index in [1.807, 2.05) is 42.5 Å². The number of nitrogens with zero attached hydrogens (tertiary/aromatic N) is 2. The lowest BCUT2D eigenvalue weighted by molar-refractivity contribution is 0.287. The second kappa shape index (κ2) is 5.75. The molecule has 0 atom stereocenters. The van der Waals surface area contributed by atoms with Gasteiger partial charge in [-0.15, -0.1) is 0 Å². The molecule has 0 fully saturated rings. The molecule has 0 N–H and O–H groups in total. The van der Waals surface area contributed by atoms with E-state index in [9.17, 15) is 0 Å². The lowest BCUT2D eigenvalue weighted by atomic mass is 10.2. The van der Waals surface area contributed by atoms with Crippen LogP contribution in [0.5, 0.6) is 5.75 Å². The molecule has 2 aromatic carbocycles. The van der Waals surface area contributed by atoms with E-state index in [4.69, 9.17) is 20.9 Å². The molecule has 20 heavy (non-hydrogen) atoms. The first kappa shape index (κ1) is 12.7. The van der Waals surface area contributed by atoms with Gasteiger partial charge in [0, 0.05) is 5.56 Å². The van der Waals surface area contributed by atoms with Gasteiger partial charge in [0.15, 0.2) is 6.61 Å². The third-order valence-electron chi connectivity index (χ3n) is 2.68. The first-order valence-electron chi connectivity index (χ1n) is 6.08. The van der Waals surface area contributed by atoms with Gasteiger partial charge in [0.25, 0.3) is 5.89 Å². The zero-order chi connectivity index (χ0) is 13.8. The maximum absolute atomic E-state index is 6.00. The Morgan fingerprint density at radius 3 is 2.55 bits per heavy atom. The summed E-state index contributed by atoms with van der Waals surface area (Å²) in [4.78, 5) is 4.28. The van der Waals surface area contributed by atoms with Crippen LogP contribution in [0.25, 0.3) is 11.5 Å². The highest BCUT2D eigenvalue weighted by molar-refractivity contribution is 6.32. The number of ether oxygens (including phenoxy) is 1. The Bertz CT molecular complexity index is 698. The number of benzene rings is 2. The Morgan fingerprint density at radius 2 is 1.75 bits per heavy atom. The summed E-state index contributed by atoms with van der Waals surface area (Å²) >= 11 is 6.00. The zero-order valence-corrected chi connectivity index (χ0v) is 11.2. The van der Waals surface area contributed by atoms with Gasteiger partial charge in [-0.3, -0.25) is 0 Å². The topological polar surface area (TPSA) is 48.2 Å². The lowest BCUT2D eigenvalue weighted by Crippen LogP contribution is -1.97. The fourth-order valence-corrected chi connectivity index (χ4v) is 1.90. The molecule has 4 nitrogen and oxygen atoms in total. The van der Waals surface area contributed by atoms with Crippen LogP contribution in [0.1, 0.15) is 5.82 Å². The summed E-state index contributed by atoms with van der Waals surface area (Å²) < 4.78 is 10.8. The van der Waals surface area contributed by atoms with E-state index in [1.165, 1.54) is 0 Å². The molecule has 1 aromatic heterocycles. The molecule has 0 aliphatic heterocycles. The highest BCUT2D eigenvalue weighted by Crippen LogP contribution is 2.24. The third kappa shape index (κ3) is 2.81. The molecule has 0 bridgehead atoms. The van der Waals surface area contributed by atoms with Crippen molar-refractivity contribution in [1.29, 1.82) is 0 Å². The van der Waals surface area contributed by atoms with Crippen molar-refractivity contribution in [2.75, 3.05) is 0 Å². The van der Waals surface area contributed by atoms with Crippen LogP contribution in [0.15, 0.2) is 59.1 Å². The van der Waals surface area contributed by atoms with Crippen LogP contribution in [-0.2, 0) is 6.61 Å². The van der Waals surface area contributed by atoms with Crippen LogP contribution >= 0.6 is 11.6 Å². The molecule has 0 saturated carbocycles. The van der Waals surface area contributed by atoms with Crippen molar-refractivity contribution < 1.29 is 9.26 Å². The van der Waals surface area contributed by atoms with Crippen molar-refractivity contribution in [3.05, 3.63) is 65.4 Å². The van der Waals surface area contributed by atoms with Crippen molar-refractivity contribution in [3.63, 3.8) is 0 Å². The predicted molar refractivity (Wildman–Crippen MR) is 75.5 cm³/mol. The molecule has 0 amide bonds. The SMILES string of the molecule is Clc1ccccc1OCc1noc(-c2ccccc2)n1. The van der Waals surface area contributed by atoms with Crippen LogP contribution in [0.3, 0.4) is 0 Å². The molecule has 0 radical (unpaired) electrons. The molecule has 0 saturated heterocycles. The van der Waals surface area contributed by atoms with Crippen LogP contribution in [0.4, 0.5) is 0 Å². The fourth-order valence-electron chi connectivity index (χ4n) is 1.71. The molecule has 0 aliphatic rings. The third-order valence-corrected chi connectivity index (χ3v) is 2.99. The lowest BCUT2D eigenvalue weighted by Gasteiger charge is -2.04. The monoisotopic (exact) mass is 286 g/mol. The quantitative estimate of drug-likeness (QED) is 0.728. The molecule has 0 unspecified atom stereocenters. The number of para-hydroxylation sites is 1. The van der Waals surface area contributed by atoms with E-state index in [-0.39, 0.29) is 6.61 Å².